The normalized spacial score (nSPS) is 29.8. The Balaban J connectivity index is 1.78. The minimum Gasteiger partial charge on any atom is -0.309 e. The monoisotopic (exact) mass is 287 g/mol. The Morgan fingerprint density at radius 2 is 2.10 bits per heavy atom. The van der Waals surface area contributed by atoms with Crippen molar-refractivity contribution >= 4 is 0 Å². The van der Waals surface area contributed by atoms with E-state index in [4.69, 9.17) is 0 Å². The summed E-state index contributed by atoms with van der Waals surface area (Å²) in [5.41, 5.74) is 3.07. The van der Waals surface area contributed by atoms with Gasteiger partial charge in [-0.25, -0.2) is 0 Å². The number of likely N-dealkylation sites (N-methyl/N-ethyl adjacent to an activating group) is 2. The van der Waals surface area contributed by atoms with Crippen LogP contribution in [0.2, 0.25) is 0 Å². The van der Waals surface area contributed by atoms with Crippen molar-refractivity contribution in [2.75, 3.05) is 33.7 Å². The molecule has 3 unspecified atom stereocenters. The molecule has 1 aromatic rings. The van der Waals surface area contributed by atoms with Gasteiger partial charge in [0.15, 0.2) is 0 Å². The molecule has 3 nitrogen and oxygen atoms in total. The van der Waals surface area contributed by atoms with Crippen LogP contribution in [0, 0.1) is 0 Å². The minimum absolute atomic E-state index is 0.507. The van der Waals surface area contributed by atoms with Gasteiger partial charge in [0.1, 0.15) is 0 Å². The zero-order valence-electron chi connectivity index (χ0n) is 13.7. The summed E-state index contributed by atoms with van der Waals surface area (Å²) in [4.78, 5) is 5.14. The quantitative estimate of drug-likeness (QED) is 0.916. The fourth-order valence-electron chi connectivity index (χ4n) is 4.09. The van der Waals surface area contributed by atoms with E-state index in [1.807, 2.05) is 0 Å². The predicted octanol–water partition coefficient (Wildman–Crippen LogP) is 2.29. The standard InChI is InChI=1S/C18H29N3/c1-4-19-18-16-10-6-5-8-14(16)12-17(18)21-11-7-9-15(13-21)20(2)3/h5-6,8,10,15,17-19H,4,7,9,11-13H2,1-3H3. The number of hydrogen-bond donors (Lipinski definition) is 1. The Hall–Kier alpha value is -0.900. The summed E-state index contributed by atoms with van der Waals surface area (Å²) >= 11 is 0. The van der Waals surface area contributed by atoms with Gasteiger partial charge < -0.3 is 10.2 Å². The number of hydrogen-bond acceptors (Lipinski definition) is 3. The van der Waals surface area contributed by atoms with Gasteiger partial charge in [0, 0.05) is 24.7 Å². The number of piperidine rings is 1. The number of nitrogens with zero attached hydrogens (tertiary/aromatic N) is 2. The molecule has 0 spiro atoms. The van der Waals surface area contributed by atoms with Crippen LogP contribution in [0.4, 0.5) is 0 Å². The molecule has 3 heteroatoms. The Kier molecular flexibility index (Phi) is 4.63. The van der Waals surface area contributed by atoms with Gasteiger partial charge in [-0.15, -0.1) is 0 Å². The van der Waals surface area contributed by atoms with Crippen LogP contribution in [-0.2, 0) is 6.42 Å². The maximum absolute atomic E-state index is 3.74. The first kappa shape index (κ1) is 15.0. The lowest BCUT2D eigenvalue weighted by Crippen LogP contribution is -2.52. The van der Waals surface area contributed by atoms with Crippen LogP contribution < -0.4 is 5.32 Å². The Bertz CT molecular complexity index is 471. The molecule has 0 radical (unpaired) electrons. The number of benzene rings is 1. The first-order valence-corrected chi connectivity index (χ1v) is 8.42. The second-order valence-electron chi connectivity index (χ2n) is 6.76. The molecule has 1 fully saturated rings. The van der Waals surface area contributed by atoms with E-state index in [1.54, 1.807) is 5.56 Å². The summed E-state index contributed by atoms with van der Waals surface area (Å²) in [5.74, 6) is 0. The third-order valence-electron chi connectivity index (χ3n) is 5.26. The highest BCUT2D eigenvalue weighted by Crippen LogP contribution is 2.35. The average Bonchev–Trinajstić information content (AvgIpc) is 2.87. The van der Waals surface area contributed by atoms with Gasteiger partial charge in [-0.05, 0) is 57.6 Å². The van der Waals surface area contributed by atoms with Crippen LogP contribution >= 0.6 is 0 Å². The molecule has 0 aromatic heterocycles. The van der Waals surface area contributed by atoms with E-state index < -0.39 is 0 Å². The van der Waals surface area contributed by atoms with Crippen LogP contribution in [0.3, 0.4) is 0 Å². The van der Waals surface area contributed by atoms with E-state index in [1.165, 1.54) is 37.9 Å². The summed E-state index contributed by atoms with van der Waals surface area (Å²) in [6, 6.07) is 10.8. The van der Waals surface area contributed by atoms with Crippen LogP contribution in [0.1, 0.15) is 36.9 Å². The van der Waals surface area contributed by atoms with Crippen molar-refractivity contribution in [3.63, 3.8) is 0 Å². The molecule has 2 aliphatic rings. The fourth-order valence-corrected chi connectivity index (χ4v) is 4.09. The van der Waals surface area contributed by atoms with Crippen LogP contribution in [0.25, 0.3) is 0 Å². The van der Waals surface area contributed by atoms with Crippen molar-refractivity contribution in [2.45, 2.75) is 44.3 Å². The zero-order valence-corrected chi connectivity index (χ0v) is 13.7. The summed E-state index contributed by atoms with van der Waals surface area (Å²) in [5, 5.41) is 3.74. The number of fused-ring (bicyclic) bond motifs is 1. The highest BCUT2D eigenvalue weighted by molar-refractivity contribution is 5.37. The van der Waals surface area contributed by atoms with Crippen molar-refractivity contribution in [3.05, 3.63) is 35.4 Å². The summed E-state index contributed by atoms with van der Waals surface area (Å²) in [6.07, 6.45) is 3.87. The van der Waals surface area contributed by atoms with Crippen LogP contribution in [0.5, 0.6) is 0 Å². The molecule has 1 N–H and O–H groups in total. The first-order valence-electron chi connectivity index (χ1n) is 8.42. The van der Waals surface area contributed by atoms with Crippen LogP contribution in [-0.4, -0.2) is 55.6 Å². The van der Waals surface area contributed by atoms with E-state index in [0.29, 0.717) is 18.1 Å². The Morgan fingerprint density at radius 1 is 1.29 bits per heavy atom. The van der Waals surface area contributed by atoms with Gasteiger partial charge in [0.25, 0.3) is 0 Å². The molecule has 1 aliphatic heterocycles. The molecule has 1 aliphatic carbocycles. The molecule has 3 rings (SSSR count). The Labute approximate surface area is 129 Å². The van der Waals surface area contributed by atoms with E-state index in [0.717, 1.165) is 6.54 Å². The number of rotatable bonds is 4. The minimum atomic E-state index is 0.507. The van der Waals surface area contributed by atoms with E-state index in [9.17, 15) is 0 Å². The molecular weight excluding hydrogens is 258 g/mol. The van der Waals surface area contributed by atoms with E-state index >= 15 is 0 Å². The maximum atomic E-state index is 3.74. The topological polar surface area (TPSA) is 18.5 Å². The van der Waals surface area contributed by atoms with Gasteiger partial charge in [-0.3, -0.25) is 4.90 Å². The lowest BCUT2D eigenvalue weighted by molar-refractivity contribution is 0.0833. The zero-order chi connectivity index (χ0) is 14.8. The SMILES string of the molecule is CCNC1c2ccccc2CC1N1CCCC(N(C)C)C1. The second kappa shape index (κ2) is 6.47. The van der Waals surface area contributed by atoms with Crippen molar-refractivity contribution in [3.8, 4) is 0 Å². The summed E-state index contributed by atoms with van der Waals surface area (Å²) < 4.78 is 0. The van der Waals surface area contributed by atoms with Crippen molar-refractivity contribution in [1.29, 1.82) is 0 Å². The van der Waals surface area contributed by atoms with Crippen molar-refractivity contribution < 1.29 is 0 Å². The average molecular weight is 287 g/mol. The molecule has 0 amide bonds. The molecule has 1 saturated heterocycles. The molecule has 0 saturated carbocycles. The molecule has 21 heavy (non-hydrogen) atoms. The highest BCUT2D eigenvalue weighted by Gasteiger charge is 2.37. The number of likely N-dealkylation sites (tertiary alicyclic amines) is 1. The van der Waals surface area contributed by atoms with E-state index in [-0.39, 0.29) is 0 Å². The van der Waals surface area contributed by atoms with E-state index in [2.05, 4.69) is 60.4 Å². The fraction of sp³-hybridized carbons (Fsp3) is 0.667. The van der Waals surface area contributed by atoms with Gasteiger partial charge in [-0.1, -0.05) is 31.2 Å². The smallest absolute Gasteiger partial charge is 0.0484 e. The summed E-state index contributed by atoms with van der Waals surface area (Å²) in [7, 11) is 4.44. The predicted molar refractivity (Wildman–Crippen MR) is 88.6 cm³/mol. The first-order chi connectivity index (χ1) is 10.2. The second-order valence-corrected chi connectivity index (χ2v) is 6.76. The number of nitrogens with one attached hydrogen (secondary N) is 1. The lowest BCUT2D eigenvalue weighted by Gasteiger charge is -2.41. The van der Waals surface area contributed by atoms with Crippen LogP contribution in [0.15, 0.2) is 24.3 Å². The van der Waals surface area contributed by atoms with Gasteiger partial charge in [0.05, 0.1) is 0 Å². The molecule has 0 bridgehead atoms. The van der Waals surface area contributed by atoms with Crippen molar-refractivity contribution in [1.82, 2.24) is 15.1 Å². The summed E-state index contributed by atoms with van der Waals surface area (Å²) in [6.45, 7) is 5.73. The van der Waals surface area contributed by atoms with Gasteiger partial charge in [-0.2, -0.15) is 0 Å². The highest BCUT2D eigenvalue weighted by atomic mass is 15.2. The molecule has 116 valence electrons. The lowest BCUT2D eigenvalue weighted by atomic mass is 9.99. The van der Waals surface area contributed by atoms with Gasteiger partial charge in [0.2, 0.25) is 0 Å². The molecule has 1 aromatic carbocycles. The third-order valence-corrected chi connectivity index (χ3v) is 5.26. The molecule has 3 atom stereocenters. The maximum Gasteiger partial charge on any atom is 0.0484 e. The van der Waals surface area contributed by atoms with Gasteiger partial charge >= 0.3 is 0 Å². The third kappa shape index (κ3) is 3.01. The largest absolute Gasteiger partial charge is 0.309 e. The molecular formula is C18H29N3. The van der Waals surface area contributed by atoms with Crippen molar-refractivity contribution in [2.24, 2.45) is 0 Å². The Morgan fingerprint density at radius 3 is 2.86 bits per heavy atom. The molecule has 1 heterocycles.